The molecule has 0 aliphatic heterocycles. The van der Waals surface area contributed by atoms with Gasteiger partial charge in [-0.1, -0.05) is 12.1 Å². The van der Waals surface area contributed by atoms with Crippen molar-refractivity contribution in [3.8, 4) is 0 Å². The molecule has 2 N–H and O–H groups in total. The molecule has 0 aliphatic carbocycles. The summed E-state index contributed by atoms with van der Waals surface area (Å²) < 4.78 is 4.70. The Bertz CT molecular complexity index is 361. The number of aryl methyl sites for hydroxylation is 2. The molecule has 0 fully saturated rings. The van der Waals surface area contributed by atoms with E-state index in [-0.39, 0.29) is 5.97 Å². The van der Waals surface area contributed by atoms with Crippen LogP contribution in [0.1, 0.15) is 34.3 Å². The first-order valence-electron chi connectivity index (χ1n) is 5.57. The highest BCUT2D eigenvalue weighted by Crippen LogP contribution is 2.14. The van der Waals surface area contributed by atoms with Gasteiger partial charge in [0, 0.05) is 0 Å². The normalized spacial score (nSPS) is 10.2. The molecule has 0 amide bonds. The van der Waals surface area contributed by atoms with Crippen LogP contribution in [0.4, 0.5) is 0 Å². The molecular formula is C13H19NO2. The van der Waals surface area contributed by atoms with Gasteiger partial charge in [-0.25, -0.2) is 4.79 Å². The van der Waals surface area contributed by atoms with Crippen molar-refractivity contribution in [3.05, 3.63) is 34.9 Å². The SMILES string of the molecule is COC(=O)c1ccc(CCCCN)cc1C. The standard InChI is InChI=1S/C13H19NO2/c1-10-9-11(5-3-4-8-14)6-7-12(10)13(15)16-2/h6-7,9H,3-5,8,14H2,1-2H3. The van der Waals surface area contributed by atoms with Crippen LogP contribution in [0, 0.1) is 6.92 Å². The Kier molecular flexibility index (Phi) is 4.99. The maximum absolute atomic E-state index is 11.4. The number of ether oxygens (including phenoxy) is 1. The van der Waals surface area contributed by atoms with E-state index in [9.17, 15) is 4.79 Å². The largest absolute Gasteiger partial charge is 0.465 e. The van der Waals surface area contributed by atoms with Gasteiger partial charge in [0.1, 0.15) is 0 Å². The van der Waals surface area contributed by atoms with Crippen molar-refractivity contribution >= 4 is 5.97 Å². The van der Waals surface area contributed by atoms with E-state index in [1.54, 1.807) is 0 Å². The molecule has 3 nitrogen and oxygen atoms in total. The number of esters is 1. The zero-order chi connectivity index (χ0) is 12.0. The second-order valence-corrected chi connectivity index (χ2v) is 3.89. The van der Waals surface area contributed by atoms with Gasteiger partial charge in [0.05, 0.1) is 12.7 Å². The molecule has 16 heavy (non-hydrogen) atoms. The first-order valence-corrected chi connectivity index (χ1v) is 5.57. The van der Waals surface area contributed by atoms with Gasteiger partial charge in [-0.15, -0.1) is 0 Å². The molecule has 3 heteroatoms. The van der Waals surface area contributed by atoms with E-state index in [1.807, 2.05) is 25.1 Å². The topological polar surface area (TPSA) is 52.3 Å². The van der Waals surface area contributed by atoms with Gasteiger partial charge in [-0.3, -0.25) is 0 Å². The average molecular weight is 221 g/mol. The number of methoxy groups -OCH3 is 1. The summed E-state index contributed by atoms with van der Waals surface area (Å²) in [5.41, 5.74) is 8.31. The lowest BCUT2D eigenvalue weighted by Gasteiger charge is -2.06. The molecule has 1 rings (SSSR count). The van der Waals surface area contributed by atoms with E-state index in [2.05, 4.69) is 0 Å². The molecule has 0 aromatic heterocycles. The van der Waals surface area contributed by atoms with Crippen LogP contribution in [-0.2, 0) is 11.2 Å². The number of hydrogen-bond donors (Lipinski definition) is 1. The third kappa shape index (κ3) is 3.35. The van der Waals surface area contributed by atoms with Gasteiger partial charge in [-0.05, 0) is 49.9 Å². The fourth-order valence-electron chi connectivity index (χ4n) is 1.69. The zero-order valence-electron chi connectivity index (χ0n) is 9.95. The van der Waals surface area contributed by atoms with Crippen LogP contribution in [0.3, 0.4) is 0 Å². The number of carbonyl (C=O) groups is 1. The Morgan fingerprint density at radius 3 is 2.69 bits per heavy atom. The second kappa shape index (κ2) is 6.28. The quantitative estimate of drug-likeness (QED) is 0.611. The predicted molar refractivity (Wildman–Crippen MR) is 64.5 cm³/mol. The number of rotatable bonds is 5. The molecule has 0 saturated heterocycles. The lowest BCUT2D eigenvalue weighted by Crippen LogP contribution is -2.04. The highest BCUT2D eigenvalue weighted by atomic mass is 16.5. The van der Waals surface area contributed by atoms with Crippen LogP contribution in [0.25, 0.3) is 0 Å². The zero-order valence-corrected chi connectivity index (χ0v) is 9.95. The Morgan fingerprint density at radius 2 is 2.12 bits per heavy atom. The summed E-state index contributed by atoms with van der Waals surface area (Å²) in [4.78, 5) is 11.4. The maximum atomic E-state index is 11.4. The summed E-state index contributed by atoms with van der Waals surface area (Å²) in [6, 6.07) is 5.86. The molecule has 0 saturated carbocycles. The van der Waals surface area contributed by atoms with Crippen LogP contribution in [0.5, 0.6) is 0 Å². The average Bonchev–Trinajstić information content (AvgIpc) is 2.29. The number of nitrogens with two attached hydrogens (primary N) is 1. The third-order valence-electron chi connectivity index (χ3n) is 2.62. The molecule has 0 radical (unpaired) electrons. The van der Waals surface area contributed by atoms with Crippen molar-refractivity contribution in [2.24, 2.45) is 5.73 Å². The van der Waals surface area contributed by atoms with Crippen LogP contribution in [0.2, 0.25) is 0 Å². The molecule has 0 bridgehead atoms. The van der Waals surface area contributed by atoms with Crippen molar-refractivity contribution in [2.45, 2.75) is 26.2 Å². The Hall–Kier alpha value is -1.35. The number of benzene rings is 1. The minimum absolute atomic E-state index is 0.272. The minimum atomic E-state index is -0.272. The monoisotopic (exact) mass is 221 g/mol. The summed E-state index contributed by atoms with van der Waals surface area (Å²) in [6.07, 6.45) is 3.14. The van der Waals surface area contributed by atoms with Crippen molar-refractivity contribution < 1.29 is 9.53 Å². The predicted octanol–water partition coefficient (Wildman–Crippen LogP) is 2.06. The van der Waals surface area contributed by atoms with Crippen LogP contribution < -0.4 is 5.73 Å². The minimum Gasteiger partial charge on any atom is -0.465 e. The summed E-state index contributed by atoms with van der Waals surface area (Å²) >= 11 is 0. The molecule has 88 valence electrons. The van der Waals surface area contributed by atoms with Crippen molar-refractivity contribution in [1.29, 1.82) is 0 Å². The summed E-state index contributed by atoms with van der Waals surface area (Å²) in [7, 11) is 1.40. The van der Waals surface area contributed by atoms with Gasteiger partial charge in [0.25, 0.3) is 0 Å². The molecule has 0 spiro atoms. The number of carbonyl (C=O) groups excluding carboxylic acids is 1. The van der Waals surface area contributed by atoms with E-state index in [1.165, 1.54) is 12.7 Å². The van der Waals surface area contributed by atoms with Gasteiger partial charge >= 0.3 is 5.97 Å². The fourth-order valence-corrected chi connectivity index (χ4v) is 1.69. The maximum Gasteiger partial charge on any atom is 0.338 e. The molecule has 1 aromatic rings. The number of hydrogen-bond acceptors (Lipinski definition) is 3. The van der Waals surface area contributed by atoms with Crippen LogP contribution in [-0.4, -0.2) is 19.6 Å². The van der Waals surface area contributed by atoms with Crippen molar-refractivity contribution in [2.75, 3.05) is 13.7 Å². The van der Waals surface area contributed by atoms with E-state index in [0.717, 1.165) is 31.4 Å². The number of unbranched alkanes of at least 4 members (excludes halogenated alkanes) is 1. The molecule has 0 unspecified atom stereocenters. The fraction of sp³-hybridized carbons (Fsp3) is 0.462. The van der Waals surface area contributed by atoms with Crippen LogP contribution in [0.15, 0.2) is 18.2 Å². The molecule has 0 aliphatic rings. The molecule has 0 atom stereocenters. The third-order valence-corrected chi connectivity index (χ3v) is 2.62. The molecular weight excluding hydrogens is 202 g/mol. The van der Waals surface area contributed by atoms with Gasteiger partial charge in [0.15, 0.2) is 0 Å². The smallest absolute Gasteiger partial charge is 0.338 e. The van der Waals surface area contributed by atoms with Gasteiger partial charge in [-0.2, -0.15) is 0 Å². The second-order valence-electron chi connectivity index (χ2n) is 3.89. The van der Waals surface area contributed by atoms with E-state index in [0.29, 0.717) is 5.56 Å². The van der Waals surface area contributed by atoms with E-state index >= 15 is 0 Å². The molecule has 0 heterocycles. The van der Waals surface area contributed by atoms with Gasteiger partial charge < -0.3 is 10.5 Å². The van der Waals surface area contributed by atoms with Gasteiger partial charge in [0.2, 0.25) is 0 Å². The molecule has 1 aromatic carbocycles. The summed E-state index contributed by atoms with van der Waals surface area (Å²) in [6.45, 7) is 2.66. The van der Waals surface area contributed by atoms with E-state index < -0.39 is 0 Å². The summed E-state index contributed by atoms with van der Waals surface area (Å²) in [5.74, 6) is -0.272. The Balaban J connectivity index is 2.71. The van der Waals surface area contributed by atoms with Crippen molar-refractivity contribution in [1.82, 2.24) is 0 Å². The Labute approximate surface area is 96.6 Å². The summed E-state index contributed by atoms with van der Waals surface area (Å²) in [5, 5.41) is 0. The first-order chi connectivity index (χ1) is 7.69. The lowest BCUT2D eigenvalue weighted by molar-refractivity contribution is 0.0600. The highest BCUT2D eigenvalue weighted by molar-refractivity contribution is 5.90. The lowest BCUT2D eigenvalue weighted by atomic mass is 10.0. The van der Waals surface area contributed by atoms with Crippen LogP contribution >= 0.6 is 0 Å². The Morgan fingerprint density at radius 1 is 1.38 bits per heavy atom. The first kappa shape index (κ1) is 12.7. The highest BCUT2D eigenvalue weighted by Gasteiger charge is 2.08. The van der Waals surface area contributed by atoms with Crippen molar-refractivity contribution in [3.63, 3.8) is 0 Å². The van der Waals surface area contributed by atoms with E-state index in [4.69, 9.17) is 10.5 Å².